The molecule has 158 valence electrons. The van der Waals surface area contributed by atoms with Crippen LogP contribution in [-0.2, 0) is 7.05 Å². The fraction of sp³-hybridized carbons (Fsp3) is 0.722. The predicted molar refractivity (Wildman–Crippen MR) is 128 cm³/mol. The van der Waals surface area contributed by atoms with Crippen molar-refractivity contribution in [3.8, 4) is 0 Å². The highest BCUT2D eigenvalue weighted by molar-refractivity contribution is 14.0. The minimum atomic E-state index is -0.0359. The van der Waals surface area contributed by atoms with Gasteiger partial charge in [-0.05, 0) is 6.92 Å². The molecule has 1 aromatic rings. The third kappa shape index (κ3) is 6.24. The highest BCUT2D eigenvalue weighted by atomic mass is 127. The van der Waals surface area contributed by atoms with Crippen molar-refractivity contribution < 1.29 is 0 Å². The van der Waals surface area contributed by atoms with Gasteiger partial charge < -0.3 is 19.7 Å². The maximum atomic E-state index is 12.3. The minimum Gasteiger partial charge on any atom is -0.357 e. The number of hydrogen-bond donors (Lipinski definition) is 1. The first-order chi connectivity index (χ1) is 13.2. The van der Waals surface area contributed by atoms with Gasteiger partial charge in [0.15, 0.2) is 11.8 Å². The van der Waals surface area contributed by atoms with E-state index in [-0.39, 0.29) is 29.5 Å². The Hall–Kier alpha value is -1.01. The molecule has 8 nitrogen and oxygen atoms in total. The van der Waals surface area contributed by atoms with Crippen molar-refractivity contribution >= 4 is 47.5 Å². The highest BCUT2D eigenvalue weighted by Crippen LogP contribution is 2.10. The number of rotatable bonds is 5. The summed E-state index contributed by atoms with van der Waals surface area (Å²) >= 11 is 2.04. The van der Waals surface area contributed by atoms with Crippen LogP contribution in [0.15, 0.2) is 22.2 Å². The number of guanidine groups is 1. The highest BCUT2D eigenvalue weighted by Gasteiger charge is 2.22. The van der Waals surface area contributed by atoms with Crippen molar-refractivity contribution in [2.75, 3.05) is 75.3 Å². The molecule has 0 saturated carbocycles. The second-order valence-corrected chi connectivity index (χ2v) is 8.06. The molecule has 0 radical (unpaired) electrons. The smallest absolute Gasteiger partial charge is 0.293 e. The van der Waals surface area contributed by atoms with Gasteiger partial charge in [0.2, 0.25) is 0 Å². The number of thioether (sulfide) groups is 1. The first kappa shape index (κ1) is 23.3. The average molecular weight is 521 g/mol. The van der Waals surface area contributed by atoms with E-state index in [1.807, 2.05) is 11.8 Å². The van der Waals surface area contributed by atoms with Crippen molar-refractivity contribution in [3.63, 3.8) is 0 Å². The van der Waals surface area contributed by atoms with Crippen LogP contribution in [0.3, 0.4) is 0 Å². The molecule has 0 atom stereocenters. The summed E-state index contributed by atoms with van der Waals surface area (Å²) in [6.45, 7) is 10.4. The lowest BCUT2D eigenvalue weighted by Crippen LogP contribution is -2.53. The monoisotopic (exact) mass is 521 g/mol. The van der Waals surface area contributed by atoms with E-state index in [1.165, 1.54) is 24.6 Å². The molecule has 0 aliphatic carbocycles. The normalized spacial score (nSPS) is 18.7. The van der Waals surface area contributed by atoms with Gasteiger partial charge in [-0.1, -0.05) is 0 Å². The van der Waals surface area contributed by atoms with Crippen molar-refractivity contribution in [3.05, 3.63) is 22.7 Å². The Morgan fingerprint density at radius 2 is 1.93 bits per heavy atom. The van der Waals surface area contributed by atoms with Crippen LogP contribution in [0, 0.1) is 0 Å². The molecule has 3 rings (SSSR count). The number of halogens is 1. The molecule has 3 heterocycles. The van der Waals surface area contributed by atoms with Crippen molar-refractivity contribution in [2.24, 2.45) is 12.0 Å². The van der Waals surface area contributed by atoms with Gasteiger partial charge in [-0.3, -0.25) is 14.7 Å². The molecular formula is C18H32IN7OS. The number of nitrogens with one attached hydrogen (secondary N) is 1. The van der Waals surface area contributed by atoms with Gasteiger partial charge >= 0.3 is 0 Å². The third-order valence-electron chi connectivity index (χ3n) is 4.99. The van der Waals surface area contributed by atoms with Gasteiger partial charge in [0.05, 0.1) is 6.54 Å². The average Bonchev–Trinajstić information content (AvgIpc) is 2.70. The standard InChI is InChI=1S/C18H31N7OS.HI/c1-3-19-18(21-5-7-23-12-14-27-15-13-23)25-10-8-24(9-11-25)16-17(26)22(2)6-4-20-16;/h4,6H,3,5,7-15H2,1-2H3,(H,19,21);1H. The summed E-state index contributed by atoms with van der Waals surface area (Å²) < 4.78 is 1.58. The van der Waals surface area contributed by atoms with E-state index in [9.17, 15) is 4.79 Å². The second-order valence-electron chi connectivity index (χ2n) is 6.83. The van der Waals surface area contributed by atoms with Crippen LogP contribution in [0.2, 0.25) is 0 Å². The zero-order valence-electron chi connectivity index (χ0n) is 16.8. The van der Waals surface area contributed by atoms with Crippen LogP contribution in [-0.4, -0.2) is 95.7 Å². The molecule has 28 heavy (non-hydrogen) atoms. The quantitative estimate of drug-likeness (QED) is 0.345. The Labute approximate surface area is 188 Å². The summed E-state index contributed by atoms with van der Waals surface area (Å²) in [5, 5.41) is 3.42. The summed E-state index contributed by atoms with van der Waals surface area (Å²) in [6.07, 6.45) is 3.38. The summed E-state index contributed by atoms with van der Waals surface area (Å²) in [4.78, 5) is 28.3. The molecule has 2 aliphatic heterocycles. The number of hydrogen-bond acceptors (Lipinski definition) is 6. The number of aryl methyl sites for hydroxylation is 1. The van der Waals surface area contributed by atoms with E-state index in [2.05, 4.69) is 31.9 Å². The van der Waals surface area contributed by atoms with Crippen molar-refractivity contribution in [1.29, 1.82) is 0 Å². The Kier molecular flexibility index (Phi) is 9.86. The van der Waals surface area contributed by atoms with Crippen LogP contribution >= 0.6 is 35.7 Å². The fourth-order valence-corrected chi connectivity index (χ4v) is 4.36. The molecule has 0 amide bonds. The van der Waals surface area contributed by atoms with E-state index in [0.717, 1.165) is 51.8 Å². The Morgan fingerprint density at radius 1 is 1.21 bits per heavy atom. The first-order valence-corrected chi connectivity index (χ1v) is 10.9. The zero-order valence-corrected chi connectivity index (χ0v) is 20.0. The number of piperazine rings is 1. The van der Waals surface area contributed by atoms with Gasteiger partial charge in [-0.25, -0.2) is 4.98 Å². The lowest BCUT2D eigenvalue weighted by atomic mass is 10.3. The summed E-state index contributed by atoms with van der Waals surface area (Å²) in [6, 6.07) is 0. The number of aliphatic imine (C=N–C) groups is 1. The summed E-state index contributed by atoms with van der Waals surface area (Å²) in [5.41, 5.74) is -0.0359. The van der Waals surface area contributed by atoms with Crippen LogP contribution in [0.25, 0.3) is 0 Å². The van der Waals surface area contributed by atoms with Crippen LogP contribution in [0.1, 0.15) is 6.92 Å². The van der Waals surface area contributed by atoms with Crippen molar-refractivity contribution in [1.82, 2.24) is 24.7 Å². The van der Waals surface area contributed by atoms with E-state index in [4.69, 9.17) is 4.99 Å². The van der Waals surface area contributed by atoms with Gasteiger partial charge in [-0.2, -0.15) is 11.8 Å². The molecule has 0 unspecified atom stereocenters. The topological polar surface area (TPSA) is 69.0 Å². The fourth-order valence-electron chi connectivity index (χ4n) is 3.38. The molecule has 10 heteroatoms. The Balaban J connectivity index is 0.00000280. The molecule has 1 aromatic heterocycles. The third-order valence-corrected chi connectivity index (χ3v) is 5.94. The summed E-state index contributed by atoms with van der Waals surface area (Å²) in [7, 11) is 1.76. The Morgan fingerprint density at radius 3 is 2.61 bits per heavy atom. The number of anilines is 1. The van der Waals surface area contributed by atoms with Gasteiger partial charge in [0.25, 0.3) is 5.56 Å². The largest absolute Gasteiger partial charge is 0.357 e. The first-order valence-electron chi connectivity index (χ1n) is 9.79. The van der Waals surface area contributed by atoms with E-state index in [1.54, 1.807) is 24.0 Å². The zero-order chi connectivity index (χ0) is 19.1. The molecule has 0 aromatic carbocycles. The van der Waals surface area contributed by atoms with E-state index < -0.39 is 0 Å². The molecule has 2 fully saturated rings. The summed E-state index contributed by atoms with van der Waals surface area (Å²) in [5.74, 6) is 4.00. The molecule has 0 bridgehead atoms. The molecule has 2 saturated heterocycles. The van der Waals surface area contributed by atoms with Gasteiger partial charge in [0, 0.05) is 83.3 Å². The SMILES string of the molecule is CCNC(=NCCN1CCSCC1)N1CCN(c2nccn(C)c2=O)CC1.I. The minimum absolute atomic E-state index is 0. The Bertz CT molecular complexity index is 685. The lowest BCUT2D eigenvalue weighted by molar-refractivity contribution is 0.309. The van der Waals surface area contributed by atoms with Crippen molar-refractivity contribution in [2.45, 2.75) is 6.92 Å². The number of aromatic nitrogens is 2. The second kappa shape index (κ2) is 11.9. The van der Waals surface area contributed by atoms with Gasteiger partial charge in [0.1, 0.15) is 0 Å². The van der Waals surface area contributed by atoms with Gasteiger partial charge in [-0.15, -0.1) is 24.0 Å². The van der Waals surface area contributed by atoms with Crippen LogP contribution in [0.4, 0.5) is 5.82 Å². The van der Waals surface area contributed by atoms with E-state index in [0.29, 0.717) is 5.82 Å². The molecule has 2 aliphatic rings. The molecular weight excluding hydrogens is 489 g/mol. The number of nitrogens with zero attached hydrogens (tertiary/aromatic N) is 6. The van der Waals surface area contributed by atoms with E-state index >= 15 is 0 Å². The maximum absolute atomic E-state index is 12.3. The van der Waals surface area contributed by atoms with Crippen LogP contribution < -0.4 is 15.8 Å². The maximum Gasteiger partial charge on any atom is 0.293 e. The van der Waals surface area contributed by atoms with Crippen LogP contribution in [0.5, 0.6) is 0 Å². The lowest BCUT2D eigenvalue weighted by Gasteiger charge is -2.36. The molecule has 0 spiro atoms. The predicted octanol–water partition coefficient (Wildman–Crippen LogP) is 0.535. The molecule has 1 N–H and O–H groups in total.